The summed E-state index contributed by atoms with van der Waals surface area (Å²) in [5.41, 5.74) is 1.43. The summed E-state index contributed by atoms with van der Waals surface area (Å²) in [6.45, 7) is 15.7. The van der Waals surface area contributed by atoms with Crippen LogP contribution in [0.25, 0.3) is 0 Å². The molecule has 12 heteroatoms. The molecule has 1 N–H and O–H groups in total. The highest BCUT2D eigenvalue weighted by atomic mass is 32.2. The zero-order chi connectivity index (χ0) is 32.8. The van der Waals surface area contributed by atoms with Crippen LogP contribution in [0.4, 0.5) is 4.79 Å². The van der Waals surface area contributed by atoms with Crippen molar-refractivity contribution in [2.75, 3.05) is 27.4 Å². The molecule has 1 saturated heterocycles. The zero-order valence-electron chi connectivity index (χ0n) is 27.2. The molecule has 2 aromatic rings. The molecule has 0 aromatic heterocycles. The zero-order valence-corrected chi connectivity index (χ0v) is 29.0. The van der Waals surface area contributed by atoms with Crippen molar-refractivity contribution in [3.8, 4) is 11.5 Å². The molecule has 45 heavy (non-hydrogen) atoms. The Morgan fingerprint density at radius 1 is 1.00 bits per heavy atom. The topological polar surface area (TPSA) is 108 Å². The van der Waals surface area contributed by atoms with Crippen LogP contribution in [0.1, 0.15) is 31.9 Å². The third kappa shape index (κ3) is 8.69. The molecule has 0 spiro atoms. The molecule has 5 atom stereocenters. The molecule has 2 heterocycles. The predicted molar refractivity (Wildman–Crippen MR) is 179 cm³/mol. The molecule has 0 saturated carbocycles. The summed E-state index contributed by atoms with van der Waals surface area (Å²) in [6.07, 6.45) is -1.17. The number of amides is 1. The van der Waals surface area contributed by atoms with E-state index < -0.39 is 44.2 Å². The van der Waals surface area contributed by atoms with Crippen molar-refractivity contribution >= 4 is 31.3 Å². The molecular weight excluding hydrogens is 613 g/mol. The Kier molecular flexibility index (Phi) is 11.8. The molecule has 1 fully saturated rings. The standard InChI is InChI=1S/C33H46N2O8SSi/c1-9-18-35(32(36)37)31-34-27-29(41-20-23-12-16-25(39-6)17-13-23)28(40-19-22-10-14-24(38-5)15-11-22)26(43-30(27)44-31)21-42-45(7,8)33(2,3)4/h9-17,26-30H,1,18-21H2,2-8H3,(H,36,37)/t26-,27-,28-,29-,30-/m1/s1. The fourth-order valence-corrected chi connectivity index (χ4v) is 6.99. The van der Waals surface area contributed by atoms with Crippen LogP contribution in [0.3, 0.4) is 0 Å². The first kappa shape index (κ1) is 35.0. The van der Waals surface area contributed by atoms with Gasteiger partial charge in [0.15, 0.2) is 13.5 Å². The van der Waals surface area contributed by atoms with E-state index in [0.29, 0.717) is 25.0 Å². The van der Waals surface area contributed by atoms with Gasteiger partial charge in [0.1, 0.15) is 41.3 Å². The smallest absolute Gasteiger partial charge is 0.413 e. The van der Waals surface area contributed by atoms with E-state index in [2.05, 4.69) is 40.4 Å². The number of carbonyl (C=O) groups is 1. The van der Waals surface area contributed by atoms with Gasteiger partial charge in [0.25, 0.3) is 0 Å². The Morgan fingerprint density at radius 3 is 2.00 bits per heavy atom. The molecule has 1 amide bonds. The molecule has 0 unspecified atom stereocenters. The average Bonchev–Trinajstić information content (AvgIpc) is 3.43. The van der Waals surface area contributed by atoms with Crippen molar-refractivity contribution < 1.29 is 38.0 Å². The predicted octanol–water partition coefficient (Wildman–Crippen LogP) is 6.56. The molecule has 0 bridgehead atoms. The molecule has 2 aliphatic rings. The van der Waals surface area contributed by atoms with E-state index in [1.54, 1.807) is 14.2 Å². The van der Waals surface area contributed by atoms with E-state index in [-0.39, 0.29) is 11.6 Å². The first-order valence-corrected chi connectivity index (χ1v) is 18.8. The van der Waals surface area contributed by atoms with Gasteiger partial charge in [-0.15, -0.1) is 6.58 Å². The van der Waals surface area contributed by atoms with E-state index in [9.17, 15) is 9.90 Å². The van der Waals surface area contributed by atoms with E-state index in [1.165, 1.54) is 22.7 Å². The Labute approximate surface area is 271 Å². The number of hydrogen-bond donors (Lipinski definition) is 1. The van der Waals surface area contributed by atoms with Crippen molar-refractivity contribution in [1.29, 1.82) is 0 Å². The largest absolute Gasteiger partial charge is 0.497 e. The number of nitrogens with zero attached hydrogens (tertiary/aromatic N) is 2. The first-order chi connectivity index (χ1) is 21.4. The summed E-state index contributed by atoms with van der Waals surface area (Å²) in [4.78, 5) is 18.2. The lowest BCUT2D eigenvalue weighted by Crippen LogP contribution is -2.59. The van der Waals surface area contributed by atoms with Crippen LogP contribution in [-0.4, -0.2) is 86.7 Å². The van der Waals surface area contributed by atoms with Crippen molar-refractivity contribution in [2.45, 2.75) is 81.9 Å². The molecule has 2 aromatic carbocycles. The molecule has 2 aliphatic heterocycles. The molecule has 0 radical (unpaired) electrons. The molecule has 4 rings (SSSR count). The number of amidine groups is 1. The summed E-state index contributed by atoms with van der Waals surface area (Å²) in [5.74, 6) is 1.52. The lowest BCUT2D eigenvalue weighted by atomic mass is 9.97. The minimum Gasteiger partial charge on any atom is -0.497 e. The summed E-state index contributed by atoms with van der Waals surface area (Å²) in [5, 5.41) is 10.3. The Bertz CT molecular complexity index is 1320. The van der Waals surface area contributed by atoms with Gasteiger partial charge in [-0.05, 0) is 53.5 Å². The normalized spacial score (nSPS) is 23.2. The van der Waals surface area contributed by atoms with Crippen LogP contribution in [0.5, 0.6) is 11.5 Å². The third-order valence-electron chi connectivity index (χ3n) is 8.49. The van der Waals surface area contributed by atoms with Crippen LogP contribution < -0.4 is 9.47 Å². The Hall–Kier alpha value is -2.87. The lowest BCUT2D eigenvalue weighted by molar-refractivity contribution is -0.204. The van der Waals surface area contributed by atoms with Crippen LogP contribution in [0.2, 0.25) is 18.1 Å². The number of fused-ring (bicyclic) bond motifs is 1. The van der Waals surface area contributed by atoms with Crippen molar-refractivity contribution in [2.24, 2.45) is 4.99 Å². The number of thioether (sulfide) groups is 1. The van der Waals surface area contributed by atoms with Crippen molar-refractivity contribution in [3.05, 3.63) is 72.3 Å². The number of rotatable bonds is 13. The fourth-order valence-electron chi connectivity index (χ4n) is 4.75. The summed E-state index contributed by atoms with van der Waals surface area (Å²) < 4.78 is 37.3. The number of carboxylic acid groups (broad SMARTS) is 1. The minimum atomic E-state index is -2.14. The second-order valence-corrected chi connectivity index (χ2v) is 18.4. The van der Waals surface area contributed by atoms with Crippen LogP contribution in [0, 0.1) is 0 Å². The number of benzene rings is 2. The lowest BCUT2D eigenvalue weighted by Gasteiger charge is -2.44. The second kappa shape index (κ2) is 15.1. The van der Waals surface area contributed by atoms with Gasteiger partial charge in [-0.3, -0.25) is 9.89 Å². The molecule has 246 valence electrons. The summed E-state index contributed by atoms with van der Waals surface area (Å²) >= 11 is 1.28. The molecule has 0 aliphatic carbocycles. The SMILES string of the molecule is C=CCN(C(=O)O)C1=N[C@@H]2[C@@H](OCc3ccc(OC)cc3)[C@H](OCc3ccc(OC)cc3)[C@@H](CO[Si](C)(C)C(C)(C)C)O[C@@H]2S1. The minimum absolute atomic E-state index is 0.00101. The first-order valence-electron chi connectivity index (χ1n) is 15.0. The van der Waals surface area contributed by atoms with Gasteiger partial charge in [-0.1, -0.05) is 62.9 Å². The number of aliphatic imine (C=N–C) groups is 1. The number of ether oxygens (including phenoxy) is 5. The fraction of sp³-hybridized carbons (Fsp3) is 0.515. The van der Waals surface area contributed by atoms with Gasteiger partial charge in [-0.2, -0.15) is 0 Å². The van der Waals surface area contributed by atoms with Gasteiger partial charge in [-0.25, -0.2) is 4.79 Å². The second-order valence-electron chi connectivity index (χ2n) is 12.6. The monoisotopic (exact) mass is 658 g/mol. The number of hydrogen-bond acceptors (Lipinski definition) is 9. The van der Waals surface area contributed by atoms with Crippen LogP contribution in [-0.2, 0) is 31.9 Å². The van der Waals surface area contributed by atoms with E-state index in [0.717, 1.165) is 22.6 Å². The maximum absolute atomic E-state index is 12.1. The average molecular weight is 659 g/mol. The van der Waals surface area contributed by atoms with E-state index in [4.69, 9.17) is 33.1 Å². The third-order valence-corrected chi connectivity index (χ3v) is 14.1. The molecule has 10 nitrogen and oxygen atoms in total. The quantitative estimate of drug-likeness (QED) is 0.189. The van der Waals surface area contributed by atoms with Gasteiger partial charge in [0.05, 0.1) is 34.0 Å². The van der Waals surface area contributed by atoms with Gasteiger partial charge in [0.2, 0.25) is 0 Å². The van der Waals surface area contributed by atoms with Gasteiger partial charge in [0, 0.05) is 6.54 Å². The van der Waals surface area contributed by atoms with Gasteiger partial charge < -0.3 is 33.2 Å². The van der Waals surface area contributed by atoms with Crippen LogP contribution in [0.15, 0.2) is 66.2 Å². The number of methoxy groups -OCH3 is 2. The molecular formula is C33H46N2O8SSi. The highest BCUT2D eigenvalue weighted by Crippen LogP contribution is 2.42. The highest BCUT2D eigenvalue weighted by molar-refractivity contribution is 8.14. The maximum Gasteiger partial charge on any atom is 0.413 e. The van der Waals surface area contributed by atoms with Gasteiger partial charge >= 0.3 is 6.09 Å². The Morgan fingerprint density at radius 2 is 1.53 bits per heavy atom. The Balaban J connectivity index is 1.67. The van der Waals surface area contributed by atoms with E-state index in [1.807, 2.05) is 48.5 Å². The highest BCUT2D eigenvalue weighted by Gasteiger charge is 2.52. The summed E-state index contributed by atoms with van der Waals surface area (Å²) in [7, 11) is 1.12. The van der Waals surface area contributed by atoms with Crippen molar-refractivity contribution in [1.82, 2.24) is 4.90 Å². The van der Waals surface area contributed by atoms with Crippen molar-refractivity contribution in [3.63, 3.8) is 0 Å². The summed E-state index contributed by atoms with van der Waals surface area (Å²) in [6, 6.07) is 14.9. The van der Waals surface area contributed by atoms with E-state index >= 15 is 0 Å². The van der Waals surface area contributed by atoms with Crippen LogP contribution >= 0.6 is 11.8 Å². The maximum atomic E-state index is 12.1.